The van der Waals surface area contributed by atoms with Gasteiger partial charge >= 0.3 is 0 Å². The normalized spacial score (nSPS) is 11.1. The van der Waals surface area contributed by atoms with Crippen molar-refractivity contribution in [3.8, 4) is 0 Å². The van der Waals surface area contributed by atoms with Gasteiger partial charge in [0.2, 0.25) is 9.05 Å². The highest BCUT2D eigenvalue weighted by molar-refractivity contribution is 9.10. The van der Waals surface area contributed by atoms with Crippen LogP contribution in [-0.2, 0) is 9.05 Å². The van der Waals surface area contributed by atoms with Crippen molar-refractivity contribution in [1.82, 2.24) is 5.32 Å². The Morgan fingerprint density at radius 2 is 2.00 bits per heavy atom. The van der Waals surface area contributed by atoms with Gasteiger partial charge in [-0.2, -0.15) is 0 Å². The summed E-state index contributed by atoms with van der Waals surface area (Å²) in [5.74, 6) is -0.627. The molecule has 0 aliphatic rings. The fourth-order valence-corrected chi connectivity index (χ4v) is 2.07. The molecule has 88 valence electrons. The smallest absolute Gasteiger partial charge is 0.252 e. The van der Waals surface area contributed by atoms with Crippen molar-refractivity contribution >= 4 is 41.6 Å². The van der Waals surface area contributed by atoms with Crippen LogP contribution in [0.15, 0.2) is 28.7 Å². The van der Waals surface area contributed by atoms with Gasteiger partial charge in [0.05, 0.1) is 11.3 Å². The highest BCUT2D eigenvalue weighted by Crippen LogP contribution is 2.15. The number of hydrogen-bond donors (Lipinski definition) is 1. The molecule has 0 aliphatic carbocycles. The topological polar surface area (TPSA) is 63.2 Å². The second kappa shape index (κ2) is 5.65. The average molecular weight is 327 g/mol. The summed E-state index contributed by atoms with van der Waals surface area (Å²) in [5, 5.41) is 2.46. The SMILES string of the molecule is O=C(NCCS(=O)(=O)Cl)c1ccccc1Br. The minimum absolute atomic E-state index is 0.00794. The van der Waals surface area contributed by atoms with Crippen molar-refractivity contribution in [2.45, 2.75) is 0 Å². The number of hydrogen-bond acceptors (Lipinski definition) is 3. The second-order valence-corrected chi connectivity index (χ2v) is 6.73. The molecule has 0 radical (unpaired) electrons. The van der Waals surface area contributed by atoms with Crippen molar-refractivity contribution in [1.29, 1.82) is 0 Å². The monoisotopic (exact) mass is 325 g/mol. The van der Waals surface area contributed by atoms with E-state index in [0.29, 0.717) is 10.0 Å². The van der Waals surface area contributed by atoms with Crippen LogP contribution in [0.4, 0.5) is 0 Å². The first kappa shape index (κ1) is 13.5. The third-order valence-corrected chi connectivity index (χ3v) is 3.60. The van der Waals surface area contributed by atoms with Crippen LogP contribution in [0.1, 0.15) is 10.4 Å². The average Bonchev–Trinajstić information content (AvgIpc) is 2.16. The maximum absolute atomic E-state index is 11.6. The maximum atomic E-state index is 11.6. The Labute approximate surface area is 107 Å². The second-order valence-electron chi connectivity index (χ2n) is 2.98. The van der Waals surface area contributed by atoms with Crippen molar-refractivity contribution in [3.05, 3.63) is 34.3 Å². The summed E-state index contributed by atoms with van der Waals surface area (Å²) in [7, 11) is 1.44. The third kappa shape index (κ3) is 4.51. The van der Waals surface area contributed by atoms with E-state index in [1.807, 2.05) is 0 Å². The summed E-state index contributed by atoms with van der Waals surface area (Å²) in [6.45, 7) is -0.00794. The number of carbonyl (C=O) groups excluding carboxylic acids is 1. The molecule has 16 heavy (non-hydrogen) atoms. The summed E-state index contributed by atoms with van der Waals surface area (Å²) in [4.78, 5) is 11.6. The molecule has 4 nitrogen and oxygen atoms in total. The maximum Gasteiger partial charge on any atom is 0.252 e. The van der Waals surface area contributed by atoms with E-state index in [2.05, 4.69) is 21.2 Å². The number of benzene rings is 1. The Balaban J connectivity index is 2.57. The van der Waals surface area contributed by atoms with Crippen molar-refractivity contribution in [2.75, 3.05) is 12.3 Å². The molecule has 1 N–H and O–H groups in total. The molecular formula is C9H9BrClNO3S. The van der Waals surface area contributed by atoms with E-state index in [9.17, 15) is 13.2 Å². The van der Waals surface area contributed by atoms with Crippen molar-refractivity contribution < 1.29 is 13.2 Å². The third-order valence-electron chi connectivity index (χ3n) is 1.75. The molecule has 0 bridgehead atoms. The Bertz CT molecular complexity index is 489. The minimum atomic E-state index is -3.57. The molecule has 0 atom stereocenters. The van der Waals surface area contributed by atoms with Gasteiger partial charge in [0.25, 0.3) is 5.91 Å². The van der Waals surface area contributed by atoms with Gasteiger partial charge in [0.1, 0.15) is 0 Å². The summed E-state index contributed by atoms with van der Waals surface area (Å²) < 4.78 is 21.9. The number of amides is 1. The van der Waals surface area contributed by atoms with Gasteiger partial charge in [-0.15, -0.1) is 0 Å². The molecule has 0 heterocycles. The summed E-state index contributed by atoms with van der Waals surface area (Å²) in [6, 6.07) is 6.86. The van der Waals surface area contributed by atoms with E-state index in [4.69, 9.17) is 10.7 Å². The first-order valence-corrected chi connectivity index (χ1v) is 7.62. The molecular weight excluding hydrogens is 318 g/mol. The van der Waals surface area contributed by atoms with Gasteiger partial charge < -0.3 is 5.32 Å². The fraction of sp³-hybridized carbons (Fsp3) is 0.222. The standard InChI is InChI=1S/C9H9BrClNO3S/c10-8-4-2-1-3-7(8)9(13)12-5-6-16(11,14)15/h1-4H,5-6H2,(H,12,13). The predicted molar refractivity (Wildman–Crippen MR) is 66.1 cm³/mol. The van der Waals surface area contributed by atoms with Gasteiger partial charge in [-0.3, -0.25) is 4.79 Å². The summed E-state index contributed by atoms with van der Waals surface area (Å²) in [5.41, 5.74) is 0.453. The van der Waals surface area contributed by atoms with Gasteiger partial charge in [-0.05, 0) is 28.1 Å². The molecule has 1 aromatic rings. The molecule has 0 saturated heterocycles. The van der Waals surface area contributed by atoms with Crippen LogP contribution in [0, 0.1) is 0 Å². The van der Waals surface area contributed by atoms with E-state index in [0.717, 1.165) is 0 Å². The Hall–Kier alpha value is -0.590. The van der Waals surface area contributed by atoms with Crippen LogP contribution in [-0.4, -0.2) is 26.6 Å². The number of halogens is 2. The molecule has 1 aromatic carbocycles. The molecule has 1 amide bonds. The van der Waals surface area contributed by atoms with Crippen LogP contribution in [0.3, 0.4) is 0 Å². The lowest BCUT2D eigenvalue weighted by Crippen LogP contribution is -2.28. The van der Waals surface area contributed by atoms with Gasteiger partial charge in [-0.25, -0.2) is 8.42 Å². The quantitative estimate of drug-likeness (QED) is 0.857. The van der Waals surface area contributed by atoms with Crippen molar-refractivity contribution in [3.63, 3.8) is 0 Å². The zero-order chi connectivity index (χ0) is 12.2. The van der Waals surface area contributed by atoms with Gasteiger partial charge in [0.15, 0.2) is 0 Å². The first-order chi connectivity index (χ1) is 7.40. The molecule has 0 fully saturated rings. The summed E-state index contributed by atoms with van der Waals surface area (Å²) in [6.07, 6.45) is 0. The van der Waals surface area contributed by atoms with Gasteiger partial charge in [0, 0.05) is 21.7 Å². The first-order valence-electron chi connectivity index (χ1n) is 4.35. The number of rotatable bonds is 4. The molecule has 0 aliphatic heterocycles. The fourth-order valence-electron chi connectivity index (χ4n) is 1.03. The molecule has 7 heteroatoms. The number of carbonyl (C=O) groups is 1. The van der Waals surface area contributed by atoms with Crippen molar-refractivity contribution in [2.24, 2.45) is 0 Å². The Kier molecular flexibility index (Phi) is 4.76. The van der Waals surface area contributed by atoms with Crippen LogP contribution in [0.2, 0.25) is 0 Å². The van der Waals surface area contributed by atoms with E-state index in [1.54, 1.807) is 24.3 Å². The Morgan fingerprint density at radius 3 is 2.56 bits per heavy atom. The zero-order valence-corrected chi connectivity index (χ0v) is 11.3. The molecule has 0 spiro atoms. The zero-order valence-electron chi connectivity index (χ0n) is 8.11. The van der Waals surface area contributed by atoms with Crippen LogP contribution < -0.4 is 5.32 Å². The lowest BCUT2D eigenvalue weighted by molar-refractivity contribution is 0.0955. The highest BCUT2D eigenvalue weighted by atomic mass is 79.9. The Morgan fingerprint density at radius 1 is 1.38 bits per heavy atom. The molecule has 0 saturated carbocycles. The van der Waals surface area contributed by atoms with Gasteiger partial charge in [-0.1, -0.05) is 12.1 Å². The molecule has 0 unspecified atom stereocenters. The lowest BCUT2D eigenvalue weighted by Gasteiger charge is -2.05. The summed E-state index contributed by atoms with van der Waals surface area (Å²) >= 11 is 3.22. The van der Waals surface area contributed by atoms with E-state index in [1.165, 1.54) is 0 Å². The number of nitrogens with one attached hydrogen (secondary N) is 1. The van der Waals surface area contributed by atoms with Crippen LogP contribution >= 0.6 is 26.6 Å². The lowest BCUT2D eigenvalue weighted by atomic mass is 10.2. The van der Waals surface area contributed by atoms with E-state index < -0.39 is 9.05 Å². The van der Waals surface area contributed by atoms with E-state index >= 15 is 0 Å². The van der Waals surface area contributed by atoms with Crippen LogP contribution in [0.25, 0.3) is 0 Å². The predicted octanol–water partition coefficient (Wildman–Crippen LogP) is 1.75. The largest absolute Gasteiger partial charge is 0.351 e. The highest BCUT2D eigenvalue weighted by Gasteiger charge is 2.10. The minimum Gasteiger partial charge on any atom is -0.351 e. The molecule has 0 aromatic heterocycles. The van der Waals surface area contributed by atoms with E-state index in [-0.39, 0.29) is 18.2 Å². The molecule has 1 rings (SSSR count). The van der Waals surface area contributed by atoms with Crippen LogP contribution in [0.5, 0.6) is 0 Å².